The molecule has 0 aromatic rings. The van der Waals surface area contributed by atoms with Gasteiger partial charge < -0.3 is 52.4 Å². The lowest BCUT2D eigenvalue weighted by atomic mass is 10.0. The minimum atomic E-state index is -4.44. The van der Waals surface area contributed by atoms with E-state index in [4.69, 9.17) is 42.6 Å². The SMILES string of the molecule is CCCCCCCCCCCC[N+](C)(C)CCOCCOC(COCCOCCCC(=O)CC)COCC(COCCOCCCC(=O)CC)OCCOCCNC(=O)C(C)C(F)(F)C(F)F. The van der Waals surface area contributed by atoms with Gasteiger partial charge in [0.25, 0.3) is 0 Å². The highest BCUT2D eigenvalue weighted by molar-refractivity contribution is 5.79. The fourth-order valence-electron chi connectivity index (χ4n) is 6.55. The van der Waals surface area contributed by atoms with Crippen molar-refractivity contribution in [1.82, 2.24) is 5.32 Å². The van der Waals surface area contributed by atoms with Gasteiger partial charge in [0.1, 0.15) is 36.2 Å². The Morgan fingerprint density at radius 1 is 0.507 bits per heavy atom. The molecule has 0 saturated carbocycles. The van der Waals surface area contributed by atoms with Crippen LogP contribution in [0.1, 0.15) is 130 Å². The maximum Gasteiger partial charge on any atom is 0.318 e. The summed E-state index contributed by atoms with van der Waals surface area (Å²) in [7, 11) is 4.49. The van der Waals surface area contributed by atoms with Crippen LogP contribution < -0.4 is 5.32 Å². The largest absolute Gasteiger partial charge is 0.379 e. The van der Waals surface area contributed by atoms with Gasteiger partial charge in [-0.1, -0.05) is 72.1 Å². The van der Waals surface area contributed by atoms with Crippen LogP contribution in [0.4, 0.5) is 17.6 Å². The zero-order valence-electron chi connectivity index (χ0n) is 42.4. The normalized spacial score (nSPS) is 13.6. The second-order valence-electron chi connectivity index (χ2n) is 17.7. The smallest absolute Gasteiger partial charge is 0.318 e. The Hall–Kier alpha value is -1.87. The van der Waals surface area contributed by atoms with E-state index in [2.05, 4.69) is 26.3 Å². The summed E-state index contributed by atoms with van der Waals surface area (Å²) in [6.07, 6.45) is 11.6. The van der Waals surface area contributed by atoms with Crippen molar-refractivity contribution in [2.75, 3.05) is 139 Å². The number of likely N-dealkylation sites (N-methyl/N-ethyl adjacent to an activating group) is 1. The van der Waals surface area contributed by atoms with Crippen LogP contribution in [-0.2, 0) is 57.0 Å². The minimum absolute atomic E-state index is 0.0521. The quantitative estimate of drug-likeness (QED) is 0.0358. The number of hydrogen-bond donors (Lipinski definition) is 1. The number of alkyl halides is 4. The summed E-state index contributed by atoms with van der Waals surface area (Å²) in [5.74, 6) is -7.44. The van der Waals surface area contributed by atoms with E-state index in [1.165, 1.54) is 64.2 Å². The first-order valence-electron chi connectivity index (χ1n) is 25.3. The van der Waals surface area contributed by atoms with Crippen LogP contribution in [0, 0.1) is 5.92 Å². The van der Waals surface area contributed by atoms with Gasteiger partial charge in [-0.2, -0.15) is 8.78 Å². The first kappa shape index (κ1) is 65.1. The summed E-state index contributed by atoms with van der Waals surface area (Å²) in [5.41, 5.74) is 0. The molecule has 14 nitrogen and oxygen atoms in total. The van der Waals surface area contributed by atoms with E-state index in [0.29, 0.717) is 91.4 Å². The van der Waals surface area contributed by atoms with Gasteiger partial charge >= 0.3 is 12.3 Å². The lowest BCUT2D eigenvalue weighted by molar-refractivity contribution is -0.891. The predicted octanol–water partition coefficient (Wildman–Crippen LogP) is 8.04. The average molecular weight is 978 g/mol. The zero-order chi connectivity index (χ0) is 49.9. The molecular weight excluding hydrogens is 885 g/mol. The number of quaternary nitrogens is 1. The summed E-state index contributed by atoms with van der Waals surface area (Å²) in [5, 5.41) is 2.19. The Bertz CT molecular complexity index is 1180. The molecule has 0 radical (unpaired) electrons. The van der Waals surface area contributed by atoms with Gasteiger partial charge in [-0.15, -0.1) is 0 Å². The number of ketones is 2. The molecule has 0 bridgehead atoms. The molecule has 0 fully saturated rings. The molecule has 0 aliphatic rings. The van der Waals surface area contributed by atoms with Gasteiger partial charge in [-0.25, -0.2) is 8.78 Å². The third-order valence-electron chi connectivity index (χ3n) is 11.2. The number of nitrogens with one attached hydrogen (secondary N) is 1. The fraction of sp³-hybridized carbons (Fsp3) is 0.939. The first-order valence-corrected chi connectivity index (χ1v) is 25.3. The maximum atomic E-state index is 13.5. The number of amides is 1. The van der Waals surface area contributed by atoms with E-state index >= 15 is 0 Å². The third-order valence-corrected chi connectivity index (χ3v) is 11.2. The molecule has 0 aliphatic heterocycles. The van der Waals surface area contributed by atoms with Gasteiger partial charge in [0.15, 0.2) is 0 Å². The lowest BCUT2D eigenvalue weighted by Crippen LogP contribution is -2.44. The maximum absolute atomic E-state index is 13.5. The number of carbonyl (C=O) groups excluding carboxylic acids is 3. The summed E-state index contributed by atoms with van der Waals surface area (Å²) in [6, 6.07) is 0. The van der Waals surface area contributed by atoms with Crippen molar-refractivity contribution in [3.8, 4) is 0 Å². The van der Waals surface area contributed by atoms with E-state index in [1.807, 2.05) is 13.8 Å². The van der Waals surface area contributed by atoms with Crippen LogP contribution in [0.2, 0.25) is 0 Å². The number of rotatable bonds is 52. The molecule has 67 heavy (non-hydrogen) atoms. The Labute approximate surface area is 401 Å². The van der Waals surface area contributed by atoms with Crippen molar-refractivity contribution in [1.29, 1.82) is 0 Å². The molecule has 3 unspecified atom stereocenters. The molecule has 398 valence electrons. The number of unbranched alkanes of at least 4 members (excludes halogenated alkanes) is 9. The number of halogens is 4. The van der Waals surface area contributed by atoms with Crippen LogP contribution >= 0.6 is 0 Å². The van der Waals surface area contributed by atoms with Crippen LogP contribution in [0.3, 0.4) is 0 Å². The number of ether oxygens (including phenoxy) is 9. The highest BCUT2D eigenvalue weighted by atomic mass is 19.3. The molecule has 0 heterocycles. The van der Waals surface area contributed by atoms with Crippen molar-refractivity contribution in [2.45, 2.75) is 155 Å². The van der Waals surface area contributed by atoms with Crippen LogP contribution in [-0.4, -0.2) is 186 Å². The Balaban J connectivity index is 5.01. The van der Waals surface area contributed by atoms with Crippen molar-refractivity contribution in [3.05, 3.63) is 0 Å². The van der Waals surface area contributed by atoms with Crippen molar-refractivity contribution >= 4 is 17.5 Å². The second-order valence-corrected chi connectivity index (χ2v) is 17.7. The van der Waals surface area contributed by atoms with Crippen LogP contribution in [0.25, 0.3) is 0 Å². The highest BCUT2D eigenvalue weighted by Crippen LogP contribution is 2.31. The molecule has 3 atom stereocenters. The third kappa shape index (κ3) is 39.5. The number of hydrogen-bond acceptors (Lipinski definition) is 12. The first-order chi connectivity index (χ1) is 32.2. The van der Waals surface area contributed by atoms with Gasteiger partial charge in [-0.3, -0.25) is 14.4 Å². The Kier molecular flexibility index (Phi) is 42.9. The van der Waals surface area contributed by atoms with E-state index in [0.717, 1.165) is 24.5 Å². The van der Waals surface area contributed by atoms with Crippen molar-refractivity contribution < 1.29 is 79.1 Å². The highest BCUT2D eigenvalue weighted by Gasteiger charge is 2.49. The molecule has 0 aliphatic carbocycles. The van der Waals surface area contributed by atoms with Gasteiger partial charge in [0, 0.05) is 45.4 Å². The summed E-state index contributed by atoms with van der Waals surface area (Å²) >= 11 is 0. The molecular formula is C49H93F4N2O12+. The molecule has 18 heteroatoms. The predicted molar refractivity (Wildman–Crippen MR) is 251 cm³/mol. The molecule has 0 rings (SSSR count). The van der Waals surface area contributed by atoms with E-state index in [9.17, 15) is 31.9 Å². The van der Waals surface area contributed by atoms with Gasteiger partial charge in [0.2, 0.25) is 5.91 Å². The Morgan fingerprint density at radius 2 is 0.925 bits per heavy atom. The van der Waals surface area contributed by atoms with E-state index < -0.39 is 36.4 Å². The topological polar surface area (TPSA) is 146 Å². The van der Waals surface area contributed by atoms with Gasteiger partial charge in [-0.05, 0) is 32.6 Å². The van der Waals surface area contributed by atoms with Crippen LogP contribution in [0.5, 0.6) is 0 Å². The van der Waals surface area contributed by atoms with Gasteiger partial charge in [0.05, 0.1) is 113 Å². The monoisotopic (exact) mass is 978 g/mol. The number of carbonyl (C=O) groups is 3. The lowest BCUT2D eigenvalue weighted by Gasteiger charge is -2.29. The number of Topliss-reactive ketones (excluding diaryl/α,β-unsaturated/α-hetero) is 2. The molecule has 0 aromatic heterocycles. The van der Waals surface area contributed by atoms with E-state index in [-0.39, 0.29) is 71.0 Å². The zero-order valence-corrected chi connectivity index (χ0v) is 42.4. The second kappa shape index (κ2) is 44.1. The number of nitrogens with zero attached hydrogens (tertiary/aromatic N) is 1. The van der Waals surface area contributed by atoms with Crippen molar-refractivity contribution in [3.63, 3.8) is 0 Å². The van der Waals surface area contributed by atoms with E-state index in [1.54, 1.807) is 0 Å². The summed E-state index contributed by atoms with van der Waals surface area (Å²) in [6.45, 7) is 13.0. The summed E-state index contributed by atoms with van der Waals surface area (Å²) < 4.78 is 106. The van der Waals surface area contributed by atoms with Crippen molar-refractivity contribution in [2.24, 2.45) is 5.92 Å². The standard InChI is InChI=1S/C49H92F4N2O12/c1-7-10-11-12-13-14-15-16-17-18-24-55(5,6)25-29-62-35-37-67-46(39-64-33-31-60-27-20-22-44(57)9-3)41-65-40-45(38-63-32-30-59-26-19-21-43(56)8-2)66-36-34-61-28-23-54-47(58)42(4)49(52,53)48(50)51/h42,45-46,48H,7-41H2,1-6H3/p+1. The molecule has 0 saturated heterocycles. The summed E-state index contributed by atoms with van der Waals surface area (Å²) in [4.78, 5) is 35.0. The Morgan fingerprint density at radius 3 is 1.40 bits per heavy atom. The molecule has 1 N–H and O–H groups in total. The minimum Gasteiger partial charge on any atom is -0.379 e. The average Bonchev–Trinajstić information content (AvgIpc) is 3.30. The molecule has 1 amide bonds. The molecule has 0 aromatic carbocycles. The van der Waals surface area contributed by atoms with Crippen LogP contribution in [0.15, 0.2) is 0 Å². The molecule has 0 spiro atoms. The fourth-order valence-corrected chi connectivity index (χ4v) is 6.55.